The molecule has 0 unspecified atom stereocenters. The lowest BCUT2D eigenvalue weighted by Crippen LogP contribution is -2.35. The quantitative estimate of drug-likeness (QED) is 0.336. The number of hydrogen-bond donors (Lipinski definition) is 2. The molecular formula is C30H34F2N2O3. The number of aromatic hydroxyl groups is 1. The van der Waals surface area contributed by atoms with Gasteiger partial charge in [0, 0.05) is 48.2 Å². The van der Waals surface area contributed by atoms with Gasteiger partial charge in [-0.25, -0.2) is 8.78 Å². The van der Waals surface area contributed by atoms with Gasteiger partial charge in [-0.1, -0.05) is 57.5 Å². The van der Waals surface area contributed by atoms with Crippen molar-refractivity contribution in [2.45, 2.75) is 59.3 Å². The summed E-state index contributed by atoms with van der Waals surface area (Å²) in [5.74, 6) is -3.44. The molecule has 0 radical (unpaired) electrons. The highest BCUT2D eigenvalue weighted by Gasteiger charge is 2.30. The summed E-state index contributed by atoms with van der Waals surface area (Å²) >= 11 is 0. The lowest BCUT2D eigenvalue weighted by Gasteiger charge is -2.32. The summed E-state index contributed by atoms with van der Waals surface area (Å²) in [6, 6.07) is 14.6. The normalized spacial score (nSPS) is 14.1. The van der Waals surface area contributed by atoms with Gasteiger partial charge in [-0.05, 0) is 48.1 Å². The Balaban J connectivity index is 0.00000186. The maximum absolute atomic E-state index is 14.1. The van der Waals surface area contributed by atoms with E-state index in [9.17, 15) is 23.5 Å². The van der Waals surface area contributed by atoms with Gasteiger partial charge < -0.3 is 15.3 Å². The van der Waals surface area contributed by atoms with Crippen LogP contribution in [0, 0.1) is 0 Å². The molecular weight excluding hydrogens is 474 g/mol. The fraction of sp³-hybridized carbons (Fsp3) is 0.333. The molecule has 2 amide bonds. The third-order valence-corrected chi connectivity index (χ3v) is 6.22. The topological polar surface area (TPSA) is 69.6 Å². The molecule has 7 heteroatoms. The first-order chi connectivity index (χ1) is 17.7. The number of unbranched alkanes of at least 4 members (excludes halogenated alkanes) is 1. The number of alkyl halides is 2. The molecule has 37 heavy (non-hydrogen) atoms. The number of nitrogens with one attached hydrogen (secondary N) is 1. The van der Waals surface area contributed by atoms with Crippen LogP contribution in [0.4, 0.5) is 20.2 Å². The summed E-state index contributed by atoms with van der Waals surface area (Å²) in [4.78, 5) is 27.3. The van der Waals surface area contributed by atoms with Gasteiger partial charge in [-0.2, -0.15) is 0 Å². The van der Waals surface area contributed by atoms with Crippen molar-refractivity contribution < 1.29 is 23.5 Å². The molecule has 3 aromatic carbocycles. The minimum absolute atomic E-state index is 0.0927. The highest BCUT2D eigenvalue weighted by Crippen LogP contribution is 2.39. The monoisotopic (exact) mass is 508 g/mol. The molecule has 0 bridgehead atoms. The van der Waals surface area contributed by atoms with Gasteiger partial charge in [0.15, 0.2) is 0 Å². The lowest BCUT2D eigenvalue weighted by atomic mass is 9.92. The predicted molar refractivity (Wildman–Crippen MR) is 146 cm³/mol. The molecule has 0 saturated heterocycles. The molecule has 0 aromatic heterocycles. The molecule has 1 aliphatic rings. The number of carbonyl (C=O) groups excluding carboxylic acids is 2. The Morgan fingerprint density at radius 3 is 2.57 bits per heavy atom. The van der Waals surface area contributed by atoms with Crippen molar-refractivity contribution in [3.63, 3.8) is 0 Å². The number of phenolic OH excluding ortho intramolecular Hbond substituents is 1. The summed E-state index contributed by atoms with van der Waals surface area (Å²) in [6.07, 6.45) is 3.81. The van der Waals surface area contributed by atoms with Crippen LogP contribution in [-0.2, 0) is 15.5 Å². The van der Waals surface area contributed by atoms with E-state index in [4.69, 9.17) is 0 Å². The van der Waals surface area contributed by atoms with Crippen molar-refractivity contribution in [3.05, 3.63) is 71.8 Å². The Bertz CT molecular complexity index is 1310. The second-order valence-corrected chi connectivity index (χ2v) is 8.89. The number of anilines is 2. The Kier molecular flexibility index (Phi) is 9.03. The molecule has 0 fully saturated rings. The number of halogens is 2. The van der Waals surface area contributed by atoms with E-state index in [1.165, 1.54) is 18.2 Å². The third kappa shape index (κ3) is 6.53. The first-order valence-electron chi connectivity index (χ1n) is 12.7. The highest BCUT2D eigenvalue weighted by molar-refractivity contribution is 6.10. The number of carbonyl (C=O) groups is 2. The smallest absolute Gasteiger partial charge is 0.270 e. The molecule has 0 spiro atoms. The maximum Gasteiger partial charge on any atom is 0.270 e. The van der Waals surface area contributed by atoms with Gasteiger partial charge in [0.2, 0.25) is 11.8 Å². The van der Waals surface area contributed by atoms with Crippen molar-refractivity contribution in [1.29, 1.82) is 0 Å². The Labute approximate surface area is 216 Å². The largest absolute Gasteiger partial charge is 0.508 e. The number of nitrogens with zero attached hydrogens (tertiary/aromatic N) is 1. The predicted octanol–water partition coefficient (Wildman–Crippen LogP) is 7.63. The van der Waals surface area contributed by atoms with E-state index < -0.39 is 5.92 Å². The van der Waals surface area contributed by atoms with Crippen LogP contribution in [-0.4, -0.2) is 23.5 Å². The minimum atomic E-state index is -3.05. The van der Waals surface area contributed by atoms with Gasteiger partial charge in [0.25, 0.3) is 5.92 Å². The van der Waals surface area contributed by atoms with Gasteiger partial charge in [-0.15, -0.1) is 0 Å². The Hall–Kier alpha value is -3.74. The van der Waals surface area contributed by atoms with Crippen LogP contribution < -0.4 is 10.2 Å². The van der Waals surface area contributed by atoms with Gasteiger partial charge in [0.1, 0.15) is 5.75 Å². The van der Waals surface area contributed by atoms with E-state index in [1.807, 2.05) is 32.9 Å². The standard InChI is InChI=1S/C28H28F2N2O3.C2H6/c1-3-4-8-27(35)32-14-13-19(22-12-10-20(16-25(22)32)28(2,29)30)15-26(34)31-24-7-5-6-18-9-11-21(33)17-23(18)24;1-2/h5-7,9-12,15-17,33H,3-4,8,13-14H2,1-2H3,(H,31,34);1-2H3/b19-15+;. The lowest BCUT2D eigenvalue weighted by molar-refractivity contribution is -0.118. The molecule has 2 N–H and O–H groups in total. The molecule has 4 rings (SSSR count). The number of benzene rings is 3. The van der Waals surface area contributed by atoms with Gasteiger partial charge in [0.05, 0.1) is 5.69 Å². The summed E-state index contributed by atoms with van der Waals surface area (Å²) in [5, 5.41) is 14.3. The summed E-state index contributed by atoms with van der Waals surface area (Å²) < 4.78 is 28.1. The number of hydrogen-bond acceptors (Lipinski definition) is 3. The third-order valence-electron chi connectivity index (χ3n) is 6.22. The van der Waals surface area contributed by atoms with E-state index in [0.717, 1.165) is 25.2 Å². The zero-order chi connectivity index (χ0) is 27.2. The van der Waals surface area contributed by atoms with E-state index in [1.54, 1.807) is 35.2 Å². The fourth-order valence-corrected chi connectivity index (χ4v) is 4.36. The summed E-state index contributed by atoms with van der Waals surface area (Å²) in [5.41, 5.74) is 2.05. The van der Waals surface area contributed by atoms with Crippen LogP contribution in [0.2, 0.25) is 0 Å². The highest BCUT2D eigenvalue weighted by atomic mass is 19.3. The van der Waals surface area contributed by atoms with E-state index in [0.29, 0.717) is 47.3 Å². The van der Waals surface area contributed by atoms with Crippen molar-refractivity contribution in [1.82, 2.24) is 0 Å². The van der Waals surface area contributed by atoms with Crippen molar-refractivity contribution in [2.75, 3.05) is 16.8 Å². The van der Waals surface area contributed by atoms with Crippen LogP contribution >= 0.6 is 0 Å². The van der Waals surface area contributed by atoms with Crippen molar-refractivity contribution >= 4 is 39.5 Å². The second-order valence-electron chi connectivity index (χ2n) is 8.89. The number of amides is 2. The molecule has 5 nitrogen and oxygen atoms in total. The number of rotatable bonds is 6. The van der Waals surface area contributed by atoms with Gasteiger partial charge in [-0.3, -0.25) is 9.59 Å². The zero-order valence-electron chi connectivity index (χ0n) is 21.8. The van der Waals surface area contributed by atoms with Crippen LogP contribution in [0.25, 0.3) is 16.3 Å². The van der Waals surface area contributed by atoms with Crippen LogP contribution in [0.5, 0.6) is 5.75 Å². The average molecular weight is 509 g/mol. The van der Waals surface area contributed by atoms with Crippen molar-refractivity contribution in [3.8, 4) is 5.75 Å². The van der Waals surface area contributed by atoms with Crippen LogP contribution in [0.3, 0.4) is 0 Å². The first kappa shape index (κ1) is 27.8. The summed E-state index contributed by atoms with van der Waals surface area (Å²) in [7, 11) is 0. The van der Waals surface area contributed by atoms with E-state index in [2.05, 4.69) is 5.32 Å². The molecule has 1 heterocycles. The zero-order valence-corrected chi connectivity index (χ0v) is 21.8. The maximum atomic E-state index is 14.1. The van der Waals surface area contributed by atoms with E-state index >= 15 is 0 Å². The Morgan fingerprint density at radius 2 is 1.86 bits per heavy atom. The van der Waals surface area contributed by atoms with Gasteiger partial charge >= 0.3 is 0 Å². The van der Waals surface area contributed by atoms with Crippen molar-refractivity contribution in [2.24, 2.45) is 0 Å². The molecule has 1 aliphatic heterocycles. The Morgan fingerprint density at radius 1 is 1.11 bits per heavy atom. The second kappa shape index (κ2) is 12.0. The van der Waals surface area contributed by atoms with Crippen LogP contribution in [0.15, 0.2) is 60.7 Å². The molecule has 0 aliphatic carbocycles. The average Bonchev–Trinajstić information content (AvgIpc) is 2.88. The first-order valence-corrected chi connectivity index (χ1v) is 12.7. The fourth-order valence-electron chi connectivity index (χ4n) is 4.36. The SMILES string of the molecule is CC.CCCCC(=O)N1CC/C(=C\C(=O)Nc2cccc3ccc(O)cc23)c2ccc(C(C)(F)F)cc21. The summed E-state index contributed by atoms with van der Waals surface area (Å²) in [6.45, 7) is 7.13. The van der Waals surface area contributed by atoms with Crippen LogP contribution in [0.1, 0.15) is 64.5 Å². The number of fused-ring (bicyclic) bond motifs is 2. The van der Waals surface area contributed by atoms with E-state index in [-0.39, 0.29) is 23.1 Å². The molecule has 0 saturated carbocycles. The molecule has 0 atom stereocenters. The molecule has 196 valence electrons. The number of phenols is 1. The molecule has 3 aromatic rings. The minimum Gasteiger partial charge on any atom is -0.508 e.